The molecule has 1 aliphatic heterocycles. The Morgan fingerprint density at radius 2 is 1.80 bits per heavy atom. The molecule has 0 radical (unpaired) electrons. The molecule has 5 rings (SSSR count). The van der Waals surface area contributed by atoms with E-state index in [1.807, 2.05) is 36.4 Å². The number of benzene rings is 2. The molecule has 0 saturated carbocycles. The van der Waals surface area contributed by atoms with Crippen LogP contribution in [0.25, 0.3) is 28.3 Å². The second-order valence-electron chi connectivity index (χ2n) is 10.5. The quantitative estimate of drug-likeness (QED) is 0.114. The number of ether oxygens (including phenoxy) is 2. The first-order chi connectivity index (χ1) is 21.9. The highest BCUT2D eigenvalue weighted by atomic mass is 16.5. The smallest absolute Gasteiger partial charge is 0.267 e. The lowest BCUT2D eigenvalue weighted by Gasteiger charge is -2.34. The lowest BCUT2D eigenvalue weighted by Crippen LogP contribution is -2.42. The van der Waals surface area contributed by atoms with Gasteiger partial charge in [-0.1, -0.05) is 30.3 Å². The fraction of sp³-hybridized carbons (Fsp3) is 0.235. The maximum absolute atomic E-state index is 11.2. The third-order valence-corrected chi connectivity index (χ3v) is 7.78. The van der Waals surface area contributed by atoms with Crippen molar-refractivity contribution in [3.05, 3.63) is 89.9 Å². The van der Waals surface area contributed by atoms with Crippen molar-refractivity contribution in [3.63, 3.8) is 0 Å². The molecule has 4 aromatic rings. The first kappa shape index (κ1) is 31.0. The number of carbonyl (C=O) groups excluding carboxylic acids is 1. The molecule has 0 spiro atoms. The van der Waals surface area contributed by atoms with Crippen molar-refractivity contribution >= 4 is 17.8 Å². The Balaban J connectivity index is 1.34. The van der Waals surface area contributed by atoms with Crippen LogP contribution in [-0.4, -0.2) is 59.5 Å². The molecule has 1 saturated heterocycles. The van der Waals surface area contributed by atoms with E-state index in [1.165, 1.54) is 13.2 Å². The van der Waals surface area contributed by atoms with Crippen molar-refractivity contribution in [1.29, 1.82) is 5.26 Å². The Bertz CT molecular complexity index is 1710. The molecule has 3 heterocycles. The number of methoxy groups -OCH3 is 2. The van der Waals surface area contributed by atoms with Gasteiger partial charge in [-0.2, -0.15) is 5.26 Å². The van der Waals surface area contributed by atoms with Crippen LogP contribution in [-0.2, 0) is 11.3 Å². The van der Waals surface area contributed by atoms with Gasteiger partial charge in [-0.05, 0) is 59.9 Å². The number of carbonyl (C=O) groups is 1. The summed E-state index contributed by atoms with van der Waals surface area (Å²) in [5.41, 5.74) is 6.88. The number of phenolic OH excluding ortho intramolecular Hbond substituents is 1. The monoisotopic (exact) mass is 606 g/mol. The van der Waals surface area contributed by atoms with Crippen molar-refractivity contribution in [1.82, 2.24) is 20.8 Å². The van der Waals surface area contributed by atoms with E-state index in [1.54, 1.807) is 49.3 Å². The number of hydrogen-bond acceptors (Lipinski definition) is 10. The zero-order chi connectivity index (χ0) is 31.8. The van der Waals surface area contributed by atoms with Crippen molar-refractivity contribution in [2.45, 2.75) is 25.4 Å². The molecule has 2 aromatic heterocycles. The minimum absolute atomic E-state index is 0.0105. The highest BCUT2D eigenvalue weighted by Gasteiger charge is 2.26. The number of nitrogens with one attached hydrogen (secondary N) is 2. The number of amides is 1. The molecule has 1 fully saturated rings. The number of aromatic nitrogens is 2. The summed E-state index contributed by atoms with van der Waals surface area (Å²) in [7, 11) is 3.12. The highest BCUT2D eigenvalue weighted by molar-refractivity contribution is 5.91. The van der Waals surface area contributed by atoms with Gasteiger partial charge in [0.1, 0.15) is 11.8 Å². The molecule has 2 aromatic carbocycles. The molecule has 0 atom stereocenters. The van der Waals surface area contributed by atoms with Gasteiger partial charge < -0.3 is 24.8 Å². The SMILES string of the molecule is COc1ccc(-c2cnc(N3CCC(NCc4ccc(/C=C/C(=O)NO)cc4)CC3)c(OC)c2-c2ccc(C#N)nc2)cc1O. The second-order valence-corrected chi connectivity index (χ2v) is 10.5. The molecule has 1 amide bonds. The number of anilines is 1. The van der Waals surface area contributed by atoms with Gasteiger partial charge >= 0.3 is 0 Å². The Labute approximate surface area is 261 Å². The number of rotatable bonds is 10. The zero-order valence-corrected chi connectivity index (χ0v) is 25.0. The van der Waals surface area contributed by atoms with E-state index < -0.39 is 5.91 Å². The standard InChI is InChI=1S/C34H34N6O5/c1-44-30-11-9-24(17-29(30)41)28-21-38-34(33(45-2)32(28)25-8-10-27(18-35)37-20-25)40-15-13-26(14-16-40)36-19-23-5-3-22(4-6-23)7-12-31(42)39-43/h3-12,17,20-21,26,36,41,43H,13-16,19H2,1-2H3,(H,39,42)/b12-7+. The van der Waals surface area contributed by atoms with E-state index >= 15 is 0 Å². The van der Waals surface area contributed by atoms with E-state index in [9.17, 15) is 15.2 Å². The third-order valence-electron chi connectivity index (χ3n) is 7.78. The van der Waals surface area contributed by atoms with Crippen LogP contribution >= 0.6 is 0 Å². The molecular formula is C34H34N6O5. The van der Waals surface area contributed by atoms with E-state index in [4.69, 9.17) is 19.7 Å². The van der Waals surface area contributed by atoms with Gasteiger partial charge in [0, 0.05) is 60.8 Å². The summed E-state index contributed by atoms with van der Waals surface area (Å²) in [6, 6.07) is 19.0. The van der Waals surface area contributed by atoms with Crippen LogP contribution in [0.3, 0.4) is 0 Å². The van der Waals surface area contributed by atoms with Gasteiger partial charge in [-0.25, -0.2) is 15.4 Å². The van der Waals surface area contributed by atoms with Crippen LogP contribution in [0.2, 0.25) is 0 Å². The molecule has 4 N–H and O–H groups in total. The predicted molar refractivity (Wildman–Crippen MR) is 170 cm³/mol. The lowest BCUT2D eigenvalue weighted by molar-refractivity contribution is -0.124. The van der Waals surface area contributed by atoms with Crippen molar-refractivity contribution in [3.8, 4) is 45.6 Å². The van der Waals surface area contributed by atoms with Crippen LogP contribution in [0.4, 0.5) is 5.82 Å². The van der Waals surface area contributed by atoms with E-state index in [0.717, 1.165) is 65.1 Å². The summed E-state index contributed by atoms with van der Waals surface area (Å²) < 4.78 is 11.2. The number of pyridine rings is 2. The summed E-state index contributed by atoms with van der Waals surface area (Å²) in [6.07, 6.45) is 8.15. The van der Waals surface area contributed by atoms with E-state index in [0.29, 0.717) is 29.8 Å². The number of phenols is 1. The second kappa shape index (κ2) is 14.4. The topological polar surface area (TPSA) is 153 Å². The lowest BCUT2D eigenvalue weighted by atomic mass is 9.95. The summed E-state index contributed by atoms with van der Waals surface area (Å²) >= 11 is 0. The molecule has 1 aliphatic rings. The van der Waals surface area contributed by atoms with Gasteiger partial charge in [0.15, 0.2) is 23.1 Å². The molecule has 230 valence electrons. The first-order valence-electron chi connectivity index (χ1n) is 14.4. The Hall–Kier alpha value is -5.44. The molecule has 0 unspecified atom stereocenters. The van der Waals surface area contributed by atoms with Crippen molar-refractivity contribution in [2.75, 3.05) is 32.2 Å². The Kier molecular flexibility index (Phi) is 9.89. The summed E-state index contributed by atoms with van der Waals surface area (Å²) in [5.74, 6) is 1.11. The maximum Gasteiger partial charge on any atom is 0.267 e. The van der Waals surface area contributed by atoms with Gasteiger partial charge in [0.05, 0.1) is 14.2 Å². The number of aromatic hydroxyl groups is 1. The van der Waals surface area contributed by atoms with E-state index in [2.05, 4.69) is 21.3 Å². The van der Waals surface area contributed by atoms with Crippen LogP contribution in [0.1, 0.15) is 29.7 Å². The van der Waals surface area contributed by atoms with Crippen LogP contribution < -0.4 is 25.2 Å². The molecule has 11 heteroatoms. The van der Waals surface area contributed by atoms with Gasteiger partial charge in [0.25, 0.3) is 5.91 Å². The normalized spacial score (nSPS) is 13.4. The van der Waals surface area contributed by atoms with Gasteiger partial charge in [-0.3, -0.25) is 10.0 Å². The minimum Gasteiger partial charge on any atom is -0.504 e. The zero-order valence-electron chi connectivity index (χ0n) is 25.0. The molecule has 0 aliphatic carbocycles. The van der Waals surface area contributed by atoms with E-state index in [-0.39, 0.29) is 5.75 Å². The average molecular weight is 607 g/mol. The largest absolute Gasteiger partial charge is 0.504 e. The van der Waals surface area contributed by atoms with Crippen LogP contribution in [0.5, 0.6) is 17.2 Å². The maximum atomic E-state index is 11.2. The minimum atomic E-state index is -0.573. The number of nitriles is 1. The molecule has 45 heavy (non-hydrogen) atoms. The molecule has 0 bridgehead atoms. The molecular weight excluding hydrogens is 572 g/mol. The number of piperidine rings is 1. The average Bonchev–Trinajstić information content (AvgIpc) is 3.09. The Morgan fingerprint density at radius 3 is 2.42 bits per heavy atom. The highest BCUT2D eigenvalue weighted by Crippen LogP contribution is 2.45. The third kappa shape index (κ3) is 7.21. The van der Waals surface area contributed by atoms with Crippen LogP contribution in [0, 0.1) is 11.3 Å². The van der Waals surface area contributed by atoms with Gasteiger partial charge in [-0.15, -0.1) is 0 Å². The summed E-state index contributed by atoms with van der Waals surface area (Å²) in [4.78, 5) is 22.6. The molecule has 11 nitrogen and oxygen atoms in total. The number of hydroxylamine groups is 1. The van der Waals surface area contributed by atoms with Gasteiger partial charge in [0.2, 0.25) is 0 Å². The summed E-state index contributed by atoms with van der Waals surface area (Å²) in [6.45, 7) is 2.25. The fourth-order valence-electron chi connectivity index (χ4n) is 5.39. The number of nitrogens with zero attached hydrogens (tertiary/aromatic N) is 4. The predicted octanol–water partition coefficient (Wildman–Crippen LogP) is 4.68. The fourth-order valence-corrected chi connectivity index (χ4v) is 5.39. The summed E-state index contributed by atoms with van der Waals surface area (Å²) in [5, 5.41) is 32.1. The first-order valence-corrected chi connectivity index (χ1v) is 14.4. The number of hydrogen-bond donors (Lipinski definition) is 4. The van der Waals surface area contributed by atoms with Crippen LogP contribution in [0.15, 0.2) is 73.1 Å². The Morgan fingerprint density at radius 1 is 1.04 bits per heavy atom. The van der Waals surface area contributed by atoms with Crippen molar-refractivity contribution < 1.29 is 24.6 Å². The van der Waals surface area contributed by atoms with Crippen molar-refractivity contribution in [2.24, 2.45) is 0 Å².